The summed E-state index contributed by atoms with van der Waals surface area (Å²) in [7, 11) is 0. The molecule has 0 amide bonds. The third kappa shape index (κ3) is 5.22. The number of rotatable bonds is 7. The van der Waals surface area contributed by atoms with E-state index in [1.54, 1.807) is 24.3 Å². The highest BCUT2D eigenvalue weighted by molar-refractivity contribution is 6.08. The van der Waals surface area contributed by atoms with Gasteiger partial charge < -0.3 is 9.47 Å². The van der Waals surface area contributed by atoms with Crippen LogP contribution in [0.25, 0.3) is 6.08 Å². The fraction of sp³-hybridized carbons (Fsp3) is 0.250. The fourth-order valence-corrected chi connectivity index (χ4v) is 4.92. The third-order valence-corrected chi connectivity index (χ3v) is 6.42. The topological polar surface area (TPSA) is 34.1 Å². The van der Waals surface area contributed by atoms with Gasteiger partial charge in [-0.1, -0.05) is 42.5 Å². The Labute approximate surface area is 206 Å². The number of fused-ring (bicyclic) bond motifs is 1. The molecule has 4 nitrogen and oxygen atoms in total. The lowest BCUT2D eigenvalue weighted by Gasteiger charge is -2.30. The van der Waals surface area contributed by atoms with Crippen LogP contribution >= 0.6 is 0 Å². The van der Waals surface area contributed by atoms with Crippen LogP contribution in [0.1, 0.15) is 36.4 Å². The highest BCUT2D eigenvalue weighted by Crippen LogP contribution is 2.46. The van der Waals surface area contributed by atoms with Crippen LogP contribution in [-0.4, -0.2) is 18.9 Å². The van der Waals surface area contributed by atoms with Gasteiger partial charge >= 0.3 is 13.2 Å². The van der Waals surface area contributed by atoms with Crippen molar-refractivity contribution >= 4 is 17.5 Å². The molecule has 1 heterocycles. The standard InChI is InChI=1S/C28H24F4N2O2/c29-27(30)35-22-13-9-18(10-14-22)17-20-5-4-8-24-25(20)33-34(21-6-2-1-3-7-21)26(24)19-11-15-23(16-12-19)36-28(31)32/h1-3,6-7,9-17,24,26-28H,4-5,8H2/b20-17-/t24-,26-/m1/s1. The molecule has 186 valence electrons. The third-order valence-electron chi connectivity index (χ3n) is 6.42. The molecule has 2 atom stereocenters. The van der Waals surface area contributed by atoms with Gasteiger partial charge in [-0.15, -0.1) is 0 Å². The molecule has 1 fully saturated rings. The number of alkyl halides is 4. The van der Waals surface area contributed by atoms with Crippen molar-refractivity contribution in [3.05, 3.63) is 95.6 Å². The zero-order valence-corrected chi connectivity index (χ0v) is 19.2. The Bertz CT molecular complexity index is 1230. The van der Waals surface area contributed by atoms with Gasteiger partial charge in [0.1, 0.15) is 11.5 Å². The largest absolute Gasteiger partial charge is 0.435 e. The number of nitrogens with zero attached hydrogens (tertiary/aromatic N) is 2. The van der Waals surface area contributed by atoms with Gasteiger partial charge in [0, 0.05) is 5.92 Å². The molecule has 0 radical (unpaired) electrons. The van der Waals surface area contributed by atoms with Crippen LogP contribution in [0, 0.1) is 5.92 Å². The van der Waals surface area contributed by atoms with E-state index in [1.807, 2.05) is 53.5 Å². The Balaban J connectivity index is 1.48. The number of hydrogen-bond donors (Lipinski definition) is 0. The van der Waals surface area contributed by atoms with Crippen LogP contribution in [0.5, 0.6) is 11.5 Å². The van der Waals surface area contributed by atoms with E-state index in [1.165, 1.54) is 12.1 Å². The maximum absolute atomic E-state index is 12.6. The first-order valence-corrected chi connectivity index (χ1v) is 11.7. The number of ether oxygens (including phenoxy) is 2. The minimum absolute atomic E-state index is 0.103. The molecule has 0 N–H and O–H groups in total. The maximum atomic E-state index is 12.6. The van der Waals surface area contributed by atoms with Gasteiger partial charge in [-0.25, -0.2) is 0 Å². The molecular formula is C28H24F4N2O2. The number of hydrazone groups is 1. The zero-order chi connectivity index (χ0) is 25.1. The molecule has 36 heavy (non-hydrogen) atoms. The van der Waals surface area contributed by atoms with Crippen molar-refractivity contribution in [3.8, 4) is 11.5 Å². The summed E-state index contributed by atoms with van der Waals surface area (Å²) in [5.74, 6) is 0.331. The summed E-state index contributed by atoms with van der Waals surface area (Å²) in [5, 5.41) is 7.05. The minimum atomic E-state index is -2.87. The second kappa shape index (κ2) is 10.4. The van der Waals surface area contributed by atoms with E-state index in [9.17, 15) is 17.6 Å². The average Bonchev–Trinajstić information content (AvgIpc) is 3.26. The Morgan fingerprint density at radius 1 is 0.806 bits per heavy atom. The summed E-state index contributed by atoms with van der Waals surface area (Å²) < 4.78 is 59.2. The van der Waals surface area contributed by atoms with Gasteiger partial charge in [-0.3, -0.25) is 5.01 Å². The lowest BCUT2D eigenvalue weighted by atomic mass is 9.77. The van der Waals surface area contributed by atoms with Crippen LogP contribution in [0.2, 0.25) is 0 Å². The second-order valence-electron chi connectivity index (χ2n) is 8.67. The molecule has 0 saturated heterocycles. The summed E-state index contributed by atoms with van der Waals surface area (Å²) in [6, 6.07) is 23.0. The van der Waals surface area contributed by atoms with Crippen molar-refractivity contribution < 1.29 is 27.0 Å². The normalized spacial score (nSPS) is 20.6. The fourth-order valence-electron chi connectivity index (χ4n) is 4.92. The van der Waals surface area contributed by atoms with E-state index in [0.29, 0.717) is 0 Å². The van der Waals surface area contributed by atoms with Crippen LogP contribution < -0.4 is 14.5 Å². The molecule has 3 aromatic rings. The second-order valence-corrected chi connectivity index (χ2v) is 8.67. The predicted octanol–water partition coefficient (Wildman–Crippen LogP) is 7.69. The molecule has 1 aliphatic heterocycles. The summed E-state index contributed by atoms with van der Waals surface area (Å²) in [5.41, 5.74) is 4.84. The quantitative estimate of drug-likeness (QED) is 0.315. The molecule has 8 heteroatoms. The number of hydrogen-bond acceptors (Lipinski definition) is 4. The van der Waals surface area contributed by atoms with Crippen molar-refractivity contribution in [1.82, 2.24) is 0 Å². The van der Waals surface area contributed by atoms with Gasteiger partial charge in [-0.05, 0) is 78.4 Å². The molecule has 1 aliphatic carbocycles. The van der Waals surface area contributed by atoms with Gasteiger partial charge in [0.2, 0.25) is 0 Å². The maximum Gasteiger partial charge on any atom is 0.387 e. The van der Waals surface area contributed by atoms with Crippen molar-refractivity contribution in [2.24, 2.45) is 11.0 Å². The van der Waals surface area contributed by atoms with Crippen molar-refractivity contribution in [3.63, 3.8) is 0 Å². The van der Waals surface area contributed by atoms with E-state index >= 15 is 0 Å². The SMILES string of the molecule is FC(F)Oc1ccc(/C=C2/CCC[C@@H]3C2=NN(c2ccccc2)[C@@H]3c2ccc(OC(F)F)cc2)cc1. The Morgan fingerprint density at radius 3 is 2.03 bits per heavy atom. The number of anilines is 1. The van der Waals surface area contributed by atoms with Gasteiger partial charge in [0.15, 0.2) is 0 Å². The van der Waals surface area contributed by atoms with Gasteiger partial charge in [0.25, 0.3) is 0 Å². The highest BCUT2D eigenvalue weighted by atomic mass is 19.3. The van der Waals surface area contributed by atoms with Crippen molar-refractivity contribution in [2.45, 2.75) is 38.5 Å². The van der Waals surface area contributed by atoms with E-state index in [2.05, 4.69) is 9.47 Å². The minimum Gasteiger partial charge on any atom is -0.435 e. The monoisotopic (exact) mass is 496 g/mol. The molecule has 3 aromatic carbocycles. The molecule has 0 aromatic heterocycles. The Kier molecular flexibility index (Phi) is 6.93. The van der Waals surface area contributed by atoms with Crippen LogP contribution in [0.3, 0.4) is 0 Å². The lowest BCUT2D eigenvalue weighted by Crippen LogP contribution is -2.28. The Morgan fingerprint density at radius 2 is 1.42 bits per heavy atom. The Hall–Kier alpha value is -3.81. The first-order valence-electron chi connectivity index (χ1n) is 11.7. The average molecular weight is 497 g/mol. The summed E-state index contributed by atoms with van der Waals surface area (Å²) in [4.78, 5) is 0. The number of allylic oxidation sites excluding steroid dienone is 1. The number of benzene rings is 3. The first kappa shape index (κ1) is 23.9. The van der Waals surface area contributed by atoms with Gasteiger partial charge in [-0.2, -0.15) is 22.7 Å². The molecule has 5 rings (SSSR count). The predicted molar refractivity (Wildman–Crippen MR) is 131 cm³/mol. The summed E-state index contributed by atoms with van der Waals surface area (Å²) in [6.07, 6.45) is 4.79. The summed E-state index contributed by atoms with van der Waals surface area (Å²) in [6.45, 7) is -5.74. The molecule has 0 unspecified atom stereocenters. The lowest BCUT2D eigenvalue weighted by molar-refractivity contribution is -0.0505. The van der Waals surface area contributed by atoms with E-state index in [0.717, 1.165) is 47.4 Å². The molecule has 0 bridgehead atoms. The van der Waals surface area contributed by atoms with Crippen molar-refractivity contribution in [1.29, 1.82) is 0 Å². The van der Waals surface area contributed by atoms with E-state index in [-0.39, 0.29) is 23.5 Å². The molecule has 0 spiro atoms. The zero-order valence-electron chi connectivity index (χ0n) is 19.2. The van der Waals surface area contributed by atoms with Gasteiger partial charge in [0.05, 0.1) is 17.4 Å². The summed E-state index contributed by atoms with van der Waals surface area (Å²) >= 11 is 0. The van der Waals surface area contributed by atoms with E-state index in [4.69, 9.17) is 5.10 Å². The number of para-hydroxylation sites is 1. The highest BCUT2D eigenvalue weighted by Gasteiger charge is 2.41. The van der Waals surface area contributed by atoms with Crippen molar-refractivity contribution in [2.75, 3.05) is 5.01 Å². The van der Waals surface area contributed by atoms with Crippen LogP contribution in [0.4, 0.5) is 23.2 Å². The first-order chi connectivity index (χ1) is 17.5. The molecular weight excluding hydrogens is 472 g/mol. The van der Waals surface area contributed by atoms with Crippen LogP contribution in [-0.2, 0) is 0 Å². The number of halogens is 4. The van der Waals surface area contributed by atoms with Crippen LogP contribution in [0.15, 0.2) is 89.5 Å². The molecule has 1 saturated carbocycles. The molecule has 2 aliphatic rings. The smallest absolute Gasteiger partial charge is 0.387 e. The van der Waals surface area contributed by atoms with E-state index < -0.39 is 13.2 Å².